The van der Waals surface area contributed by atoms with Gasteiger partial charge in [0.2, 0.25) is 5.95 Å². The van der Waals surface area contributed by atoms with Crippen LogP contribution < -0.4 is 5.32 Å². The first-order valence-electron chi connectivity index (χ1n) is 4.60. The Bertz CT molecular complexity index is 317. The molecule has 3 nitrogen and oxygen atoms in total. The minimum absolute atomic E-state index is 0.229. The zero-order valence-electron chi connectivity index (χ0n) is 7.80. The Balaban J connectivity index is 2.02. The van der Waals surface area contributed by atoms with Crippen molar-refractivity contribution in [3.63, 3.8) is 0 Å². The van der Waals surface area contributed by atoms with Crippen LogP contribution in [0.15, 0.2) is 6.07 Å². The molecule has 76 valence electrons. The van der Waals surface area contributed by atoms with Crippen molar-refractivity contribution in [2.75, 3.05) is 5.32 Å². The van der Waals surface area contributed by atoms with Crippen molar-refractivity contribution < 1.29 is 8.78 Å². The Kier molecular flexibility index (Phi) is 2.31. The molecule has 1 heterocycles. The monoisotopic (exact) mass is 199 g/mol. The van der Waals surface area contributed by atoms with Crippen LogP contribution in [0.1, 0.15) is 19.8 Å². The number of nitrogens with zero attached hydrogens (tertiary/aromatic N) is 2. The molecule has 0 spiro atoms. The van der Waals surface area contributed by atoms with Crippen LogP contribution in [0.4, 0.5) is 14.6 Å². The molecule has 1 fully saturated rings. The van der Waals surface area contributed by atoms with Gasteiger partial charge in [-0.3, -0.25) is 0 Å². The molecule has 1 aliphatic carbocycles. The number of halogens is 2. The fourth-order valence-electron chi connectivity index (χ4n) is 1.69. The maximum atomic E-state index is 12.6. The molecule has 14 heavy (non-hydrogen) atoms. The van der Waals surface area contributed by atoms with E-state index in [1.807, 2.05) is 0 Å². The average Bonchev–Trinajstić information content (AvgIpc) is 1.99. The minimum Gasteiger partial charge on any atom is -0.367 e. The van der Waals surface area contributed by atoms with Crippen LogP contribution in [-0.4, -0.2) is 16.0 Å². The molecule has 0 aromatic carbocycles. The molecule has 0 unspecified atom stereocenters. The third kappa shape index (κ3) is 1.97. The van der Waals surface area contributed by atoms with Gasteiger partial charge in [0, 0.05) is 12.1 Å². The average molecular weight is 199 g/mol. The lowest BCUT2D eigenvalue weighted by Gasteiger charge is -2.33. The van der Waals surface area contributed by atoms with Gasteiger partial charge in [-0.1, -0.05) is 6.92 Å². The first-order chi connectivity index (χ1) is 6.63. The molecule has 1 aliphatic rings. The van der Waals surface area contributed by atoms with Crippen molar-refractivity contribution in [3.05, 3.63) is 18.1 Å². The number of nitrogens with one attached hydrogen (secondary N) is 1. The molecule has 1 N–H and O–H groups in total. The summed E-state index contributed by atoms with van der Waals surface area (Å²) in [6.45, 7) is 2.14. The second kappa shape index (κ2) is 3.48. The molecule has 0 amide bonds. The Labute approximate surface area is 80.6 Å². The quantitative estimate of drug-likeness (QED) is 0.584. The highest BCUT2D eigenvalue weighted by molar-refractivity contribution is 5.34. The van der Waals surface area contributed by atoms with Crippen molar-refractivity contribution >= 4 is 5.82 Å². The van der Waals surface area contributed by atoms with Gasteiger partial charge in [-0.05, 0) is 18.8 Å². The Morgan fingerprint density at radius 3 is 2.64 bits per heavy atom. The van der Waals surface area contributed by atoms with Crippen molar-refractivity contribution in [1.82, 2.24) is 9.97 Å². The lowest BCUT2D eigenvalue weighted by Crippen LogP contribution is -2.34. The van der Waals surface area contributed by atoms with Crippen LogP contribution in [0.5, 0.6) is 0 Å². The molecule has 0 aliphatic heterocycles. The number of hydrogen-bond donors (Lipinski definition) is 1. The van der Waals surface area contributed by atoms with Gasteiger partial charge in [0.1, 0.15) is 5.82 Å². The molecule has 2 rings (SSSR count). The smallest absolute Gasteiger partial charge is 0.313 e. The van der Waals surface area contributed by atoms with Gasteiger partial charge in [0.05, 0.1) is 0 Å². The summed E-state index contributed by atoms with van der Waals surface area (Å²) in [5.74, 6) is 0.0725. The van der Waals surface area contributed by atoms with Crippen molar-refractivity contribution in [1.29, 1.82) is 0 Å². The van der Waals surface area contributed by atoms with E-state index in [0.717, 1.165) is 18.9 Å². The first kappa shape index (κ1) is 9.30. The van der Waals surface area contributed by atoms with Crippen LogP contribution in [0.3, 0.4) is 0 Å². The highest BCUT2D eigenvalue weighted by Crippen LogP contribution is 2.28. The molecular formula is C9H11F2N3. The van der Waals surface area contributed by atoms with E-state index in [4.69, 9.17) is 0 Å². The molecule has 1 saturated carbocycles. The van der Waals surface area contributed by atoms with Gasteiger partial charge in [0.15, 0.2) is 0 Å². The third-order valence-electron chi connectivity index (χ3n) is 2.39. The molecule has 0 bridgehead atoms. The van der Waals surface area contributed by atoms with Crippen molar-refractivity contribution in [2.45, 2.75) is 25.8 Å². The first-order valence-corrected chi connectivity index (χ1v) is 4.60. The van der Waals surface area contributed by atoms with E-state index in [-0.39, 0.29) is 5.82 Å². The van der Waals surface area contributed by atoms with E-state index in [0.29, 0.717) is 12.0 Å². The molecule has 1 aromatic rings. The van der Waals surface area contributed by atoms with Gasteiger partial charge in [0.25, 0.3) is 0 Å². The Hall–Kier alpha value is -1.26. The SMILES string of the molecule is CC1CC(Nc2cc(F)nc(F)n2)C1. The number of rotatable bonds is 2. The highest BCUT2D eigenvalue weighted by Gasteiger charge is 2.25. The third-order valence-corrected chi connectivity index (χ3v) is 2.39. The maximum absolute atomic E-state index is 12.6. The van der Waals surface area contributed by atoms with E-state index in [1.165, 1.54) is 0 Å². The standard InChI is InChI=1S/C9H11F2N3/c1-5-2-6(3-5)12-8-4-7(10)13-9(11)14-8/h4-6H,2-3H2,1H3,(H,12,13,14). The molecule has 0 saturated heterocycles. The summed E-state index contributed by atoms with van der Waals surface area (Å²) in [5, 5.41) is 2.96. The summed E-state index contributed by atoms with van der Waals surface area (Å²) in [6.07, 6.45) is 1.01. The summed E-state index contributed by atoms with van der Waals surface area (Å²) in [6, 6.07) is 1.39. The largest absolute Gasteiger partial charge is 0.367 e. The molecular weight excluding hydrogens is 188 g/mol. The molecule has 5 heteroatoms. The van der Waals surface area contributed by atoms with Gasteiger partial charge >= 0.3 is 6.08 Å². The molecule has 0 atom stereocenters. The predicted octanol–water partition coefficient (Wildman–Crippen LogP) is 1.97. The van der Waals surface area contributed by atoms with E-state index in [2.05, 4.69) is 22.2 Å². The van der Waals surface area contributed by atoms with Gasteiger partial charge in [-0.2, -0.15) is 18.7 Å². The van der Waals surface area contributed by atoms with Crippen LogP contribution in [0, 0.1) is 17.9 Å². The summed E-state index contributed by atoms with van der Waals surface area (Å²) < 4.78 is 25.2. The molecule has 1 aromatic heterocycles. The Morgan fingerprint density at radius 1 is 1.36 bits per heavy atom. The van der Waals surface area contributed by atoms with Gasteiger partial charge in [-0.25, -0.2) is 0 Å². The topological polar surface area (TPSA) is 37.8 Å². The van der Waals surface area contributed by atoms with Crippen LogP contribution in [-0.2, 0) is 0 Å². The van der Waals surface area contributed by atoms with Crippen LogP contribution in [0.2, 0.25) is 0 Å². The van der Waals surface area contributed by atoms with Crippen LogP contribution >= 0.6 is 0 Å². The van der Waals surface area contributed by atoms with Gasteiger partial charge in [-0.15, -0.1) is 0 Å². The minimum atomic E-state index is -1.03. The number of aromatic nitrogens is 2. The lowest BCUT2D eigenvalue weighted by atomic mass is 9.82. The Morgan fingerprint density at radius 2 is 2.07 bits per heavy atom. The summed E-state index contributed by atoms with van der Waals surface area (Å²) in [4.78, 5) is 6.37. The normalized spacial score (nSPS) is 25.6. The lowest BCUT2D eigenvalue weighted by molar-refractivity contribution is 0.308. The highest BCUT2D eigenvalue weighted by atomic mass is 19.1. The second-order valence-electron chi connectivity index (χ2n) is 3.76. The van der Waals surface area contributed by atoms with Gasteiger partial charge < -0.3 is 5.32 Å². The second-order valence-corrected chi connectivity index (χ2v) is 3.76. The van der Waals surface area contributed by atoms with E-state index >= 15 is 0 Å². The van der Waals surface area contributed by atoms with E-state index in [9.17, 15) is 8.78 Å². The summed E-state index contributed by atoms with van der Waals surface area (Å²) in [7, 11) is 0. The zero-order valence-corrected chi connectivity index (χ0v) is 7.80. The van der Waals surface area contributed by atoms with E-state index < -0.39 is 12.0 Å². The summed E-state index contributed by atoms with van der Waals surface area (Å²) in [5.41, 5.74) is 0. The van der Waals surface area contributed by atoms with E-state index in [1.54, 1.807) is 0 Å². The predicted molar refractivity (Wildman–Crippen MR) is 47.8 cm³/mol. The fourth-order valence-corrected chi connectivity index (χ4v) is 1.69. The van der Waals surface area contributed by atoms with Crippen molar-refractivity contribution in [3.8, 4) is 0 Å². The number of hydrogen-bond acceptors (Lipinski definition) is 3. The molecule has 0 radical (unpaired) electrons. The van der Waals surface area contributed by atoms with Crippen molar-refractivity contribution in [2.24, 2.45) is 5.92 Å². The number of anilines is 1. The summed E-state index contributed by atoms with van der Waals surface area (Å²) >= 11 is 0. The zero-order chi connectivity index (χ0) is 10.1. The maximum Gasteiger partial charge on any atom is 0.313 e. The fraction of sp³-hybridized carbons (Fsp3) is 0.556. The van der Waals surface area contributed by atoms with Crippen LogP contribution in [0.25, 0.3) is 0 Å².